The first-order valence-electron chi connectivity index (χ1n) is 9.10. The average Bonchev–Trinajstić information content (AvgIpc) is 3.16. The zero-order valence-corrected chi connectivity index (χ0v) is 16.3. The number of fused-ring (bicyclic) bond motifs is 1. The van der Waals surface area contributed by atoms with Gasteiger partial charge in [0.05, 0.1) is 11.1 Å². The number of hydrogen-bond donors (Lipinski definition) is 2. The van der Waals surface area contributed by atoms with Crippen LogP contribution < -0.4 is 11.1 Å². The first kappa shape index (κ1) is 20.9. The lowest BCUT2D eigenvalue weighted by atomic mass is 10.1. The van der Waals surface area contributed by atoms with Gasteiger partial charge in [-0.05, 0) is 30.7 Å². The van der Waals surface area contributed by atoms with Gasteiger partial charge in [-0.2, -0.15) is 0 Å². The van der Waals surface area contributed by atoms with Crippen molar-refractivity contribution in [1.82, 2.24) is 10.3 Å². The molecular weight excluding hydrogens is 352 g/mol. The van der Waals surface area contributed by atoms with E-state index in [0.29, 0.717) is 40.2 Å². The molecule has 1 aromatic heterocycles. The van der Waals surface area contributed by atoms with Crippen LogP contribution in [0, 0.1) is 0 Å². The van der Waals surface area contributed by atoms with Gasteiger partial charge < -0.3 is 20.5 Å². The molecule has 0 aliphatic rings. The van der Waals surface area contributed by atoms with Gasteiger partial charge in [0.1, 0.15) is 5.52 Å². The number of nitrogens with two attached hydrogens (primary N) is 1. The minimum atomic E-state index is -0.173. The summed E-state index contributed by atoms with van der Waals surface area (Å²) in [5.41, 5.74) is 8.87. The summed E-state index contributed by atoms with van der Waals surface area (Å²) in [4.78, 5) is 21.3. The number of nitrogens with one attached hydrogen (secondary N) is 1. The monoisotopic (exact) mass is 378 g/mol. The van der Waals surface area contributed by atoms with E-state index in [9.17, 15) is 4.79 Å². The molecule has 28 heavy (non-hydrogen) atoms. The Bertz CT molecular complexity index is 962. The predicted octanol–water partition coefficient (Wildman–Crippen LogP) is 4.48. The number of oxazole rings is 1. The number of nitrogens with zero attached hydrogens (tertiary/aromatic N) is 2. The van der Waals surface area contributed by atoms with Gasteiger partial charge >= 0.3 is 0 Å². The summed E-state index contributed by atoms with van der Waals surface area (Å²) >= 11 is 0. The summed E-state index contributed by atoms with van der Waals surface area (Å²) in [5.74, 6) is 0.233. The number of amides is 1. The van der Waals surface area contributed by atoms with Gasteiger partial charge in [0.2, 0.25) is 5.89 Å². The van der Waals surface area contributed by atoms with Crippen LogP contribution in [0.3, 0.4) is 0 Å². The molecule has 0 aliphatic carbocycles. The van der Waals surface area contributed by atoms with Crippen LogP contribution in [-0.2, 0) is 0 Å². The molecule has 3 rings (SSSR count). The van der Waals surface area contributed by atoms with Crippen molar-refractivity contribution in [3.63, 3.8) is 0 Å². The second-order valence-corrected chi connectivity index (χ2v) is 6.01. The maximum Gasteiger partial charge on any atom is 0.253 e. The molecule has 3 aromatic rings. The summed E-state index contributed by atoms with van der Waals surface area (Å²) in [6.07, 6.45) is 3.32. The highest BCUT2D eigenvalue weighted by Gasteiger charge is 2.18. The van der Waals surface area contributed by atoms with Crippen molar-refractivity contribution in [2.45, 2.75) is 25.8 Å². The molecule has 0 aliphatic heterocycles. The number of anilines is 1. The molecule has 0 fully saturated rings. The van der Waals surface area contributed by atoms with Gasteiger partial charge in [-0.15, -0.1) is 13.2 Å². The molecule has 2 aromatic carbocycles. The molecule has 6 heteroatoms. The molecule has 0 saturated carbocycles. The fraction of sp³-hybridized carbons (Fsp3) is 0.227. The fourth-order valence-electron chi connectivity index (χ4n) is 2.76. The van der Waals surface area contributed by atoms with E-state index in [2.05, 4.69) is 28.5 Å². The minimum Gasteiger partial charge on any atom is -0.436 e. The third kappa shape index (κ3) is 4.65. The van der Waals surface area contributed by atoms with Crippen LogP contribution in [0.1, 0.15) is 30.1 Å². The van der Waals surface area contributed by atoms with Gasteiger partial charge in [-0.1, -0.05) is 25.1 Å². The van der Waals surface area contributed by atoms with Crippen LogP contribution in [0.4, 0.5) is 5.69 Å². The number of hydrogen-bond acceptors (Lipinski definition) is 5. The number of carbonyl (C=O) groups excluding carboxylic acids is 1. The molecule has 1 unspecified atom stereocenters. The summed E-state index contributed by atoms with van der Waals surface area (Å²) < 4.78 is 5.83. The number of carbonyl (C=O) groups is 1. The molecule has 1 amide bonds. The fourth-order valence-corrected chi connectivity index (χ4v) is 2.76. The molecule has 146 valence electrons. The molecule has 1 atom stereocenters. The maximum absolute atomic E-state index is 12.7. The molecule has 0 spiro atoms. The van der Waals surface area contributed by atoms with Crippen molar-refractivity contribution in [1.29, 1.82) is 0 Å². The highest BCUT2D eigenvalue weighted by Crippen LogP contribution is 2.29. The van der Waals surface area contributed by atoms with E-state index < -0.39 is 0 Å². The van der Waals surface area contributed by atoms with Crippen molar-refractivity contribution in [2.24, 2.45) is 4.99 Å². The number of nitrogen functional groups attached to an aromatic ring is 1. The number of aromatic nitrogens is 1. The maximum atomic E-state index is 12.7. The van der Waals surface area contributed by atoms with E-state index >= 15 is 0 Å². The van der Waals surface area contributed by atoms with E-state index in [-0.39, 0.29) is 11.9 Å². The van der Waals surface area contributed by atoms with Crippen LogP contribution in [0.25, 0.3) is 22.6 Å². The Balaban J connectivity index is 0.00000136. The molecule has 0 bridgehead atoms. The normalized spacial score (nSPS) is 11.8. The second-order valence-electron chi connectivity index (χ2n) is 6.01. The molecule has 6 nitrogen and oxygen atoms in total. The van der Waals surface area contributed by atoms with E-state index in [0.717, 1.165) is 6.42 Å². The third-order valence-electron chi connectivity index (χ3n) is 4.26. The number of aliphatic imine (C=N–C) groups is 1. The minimum absolute atomic E-state index is 0.0256. The van der Waals surface area contributed by atoms with Gasteiger partial charge in [-0.3, -0.25) is 4.79 Å². The first-order chi connectivity index (χ1) is 13.6. The Morgan fingerprint density at radius 1 is 1.29 bits per heavy atom. The van der Waals surface area contributed by atoms with Crippen LogP contribution in [0.2, 0.25) is 0 Å². The predicted molar refractivity (Wildman–Crippen MR) is 116 cm³/mol. The van der Waals surface area contributed by atoms with Crippen LogP contribution in [-0.4, -0.2) is 30.2 Å². The number of benzene rings is 2. The van der Waals surface area contributed by atoms with E-state index in [1.807, 2.05) is 25.1 Å². The van der Waals surface area contributed by atoms with Crippen molar-refractivity contribution in [3.8, 4) is 11.5 Å². The zero-order chi connectivity index (χ0) is 20.5. The number of rotatable bonds is 6. The van der Waals surface area contributed by atoms with E-state index in [4.69, 9.17) is 10.2 Å². The molecule has 3 N–H and O–H groups in total. The lowest BCUT2D eigenvalue weighted by molar-refractivity contribution is 0.0939. The quantitative estimate of drug-likeness (QED) is 0.376. The Morgan fingerprint density at radius 3 is 2.71 bits per heavy atom. The van der Waals surface area contributed by atoms with E-state index in [1.54, 1.807) is 37.5 Å². The third-order valence-corrected chi connectivity index (χ3v) is 4.26. The second kappa shape index (κ2) is 10.1. The highest BCUT2D eigenvalue weighted by molar-refractivity contribution is 6.05. The van der Waals surface area contributed by atoms with Crippen LogP contribution in [0.5, 0.6) is 0 Å². The largest absolute Gasteiger partial charge is 0.436 e. The van der Waals surface area contributed by atoms with E-state index in [1.165, 1.54) is 0 Å². The Kier molecular flexibility index (Phi) is 7.51. The smallest absolute Gasteiger partial charge is 0.253 e. The van der Waals surface area contributed by atoms with Crippen molar-refractivity contribution < 1.29 is 9.21 Å². The van der Waals surface area contributed by atoms with Crippen molar-refractivity contribution in [2.75, 3.05) is 12.8 Å². The Hall–Kier alpha value is -3.41. The Labute approximate surface area is 165 Å². The van der Waals surface area contributed by atoms with Gasteiger partial charge in [0.15, 0.2) is 5.58 Å². The Morgan fingerprint density at radius 2 is 2.04 bits per heavy atom. The summed E-state index contributed by atoms with van der Waals surface area (Å²) in [7, 11) is 1.72. The zero-order valence-electron chi connectivity index (χ0n) is 16.3. The lowest BCUT2D eigenvalue weighted by Gasteiger charge is -2.14. The summed E-state index contributed by atoms with van der Waals surface area (Å²) in [6.45, 7) is 8.03. The standard InChI is InChI=1S/C20H22N4O2.C2H4/c1-3-13(11-12-22-2)23-19(25)15-8-6-10-17-18(15)24-20(26-17)14-7-4-5-9-16(14)21;1-2/h4-10,12-13H,3,11,21H2,1-2H3,(H,23,25);1-2H2. The lowest BCUT2D eigenvalue weighted by Crippen LogP contribution is -2.34. The van der Waals surface area contributed by atoms with Crippen LogP contribution >= 0.6 is 0 Å². The van der Waals surface area contributed by atoms with Gasteiger partial charge in [0, 0.05) is 31.4 Å². The average molecular weight is 378 g/mol. The van der Waals surface area contributed by atoms with Crippen molar-refractivity contribution >= 4 is 28.9 Å². The molecule has 0 radical (unpaired) electrons. The first-order valence-corrected chi connectivity index (χ1v) is 9.10. The molecule has 1 heterocycles. The summed E-state index contributed by atoms with van der Waals surface area (Å²) in [5, 5.41) is 3.03. The molecule has 0 saturated heterocycles. The van der Waals surface area contributed by atoms with Gasteiger partial charge in [0.25, 0.3) is 5.91 Å². The van der Waals surface area contributed by atoms with Crippen molar-refractivity contribution in [3.05, 3.63) is 61.2 Å². The highest BCUT2D eigenvalue weighted by atomic mass is 16.3. The molecular formula is C22H26N4O2. The topological polar surface area (TPSA) is 93.5 Å². The van der Waals surface area contributed by atoms with Crippen LogP contribution in [0.15, 0.2) is 65.0 Å². The SMILES string of the molecule is C=C.CCC(CC=NC)NC(=O)c1cccc2oc(-c3ccccc3N)nc12. The summed E-state index contributed by atoms with van der Waals surface area (Å²) in [6, 6.07) is 12.7. The number of para-hydroxylation sites is 2. The van der Waals surface area contributed by atoms with Gasteiger partial charge in [-0.25, -0.2) is 4.98 Å².